The van der Waals surface area contributed by atoms with Gasteiger partial charge in [0, 0.05) is 32.5 Å². The SMILES string of the molecule is CCNC(=NCc1ccn(C)c1)NCC(C)C.I. The normalized spacial score (nSPS) is 11.3. The Morgan fingerprint density at radius 2 is 2.11 bits per heavy atom. The molecule has 0 bridgehead atoms. The van der Waals surface area contributed by atoms with Crippen LogP contribution in [0.2, 0.25) is 0 Å². The third-order valence-electron chi connectivity index (χ3n) is 2.33. The summed E-state index contributed by atoms with van der Waals surface area (Å²) >= 11 is 0. The zero-order valence-electron chi connectivity index (χ0n) is 11.7. The van der Waals surface area contributed by atoms with Crippen LogP contribution in [0.5, 0.6) is 0 Å². The fraction of sp³-hybridized carbons (Fsp3) is 0.615. The molecule has 0 aliphatic heterocycles. The van der Waals surface area contributed by atoms with Crippen LogP contribution < -0.4 is 10.6 Å². The fourth-order valence-electron chi connectivity index (χ4n) is 1.47. The zero-order chi connectivity index (χ0) is 12.7. The van der Waals surface area contributed by atoms with Crippen molar-refractivity contribution in [3.05, 3.63) is 24.0 Å². The molecule has 1 rings (SSSR count). The van der Waals surface area contributed by atoms with E-state index < -0.39 is 0 Å². The van der Waals surface area contributed by atoms with Gasteiger partial charge in [-0.15, -0.1) is 24.0 Å². The molecule has 0 saturated heterocycles. The lowest BCUT2D eigenvalue weighted by atomic mass is 10.2. The second-order valence-corrected chi connectivity index (χ2v) is 4.66. The van der Waals surface area contributed by atoms with E-state index >= 15 is 0 Å². The lowest BCUT2D eigenvalue weighted by Gasteiger charge is -2.12. The lowest BCUT2D eigenvalue weighted by molar-refractivity contribution is 0.615. The maximum Gasteiger partial charge on any atom is 0.191 e. The van der Waals surface area contributed by atoms with Gasteiger partial charge in [-0.3, -0.25) is 0 Å². The van der Waals surface area contributed by atoms with Gasteiger partial charge in [-0.1, -0.05) is 13.8 Å². The second kappa shape index (κ2) is 9.24. The number of halogens is 1. The number of aryl methyl sites for hydroxylation is 1. The first-order valence-electron chi connectivity index (χ1n) is 6.24. The molecule has 4 nitrogen and oxygen atoms in total. The van der Waals surface area contributed by atoms with Gasteiger partial charge in [0.1, 0.15) is 0 Å². The highest BCUT2D eigenvalue weighted by atomic mass is 127. The van der Waals surface area contributed by atoms with Crippen molar-refractivity contribution < 1.29 is 0 Å². The number of nitrogens with zero attached hydrogens (tertiary/aromatic N) is 2. The molecule has 5 heteroatoms. The fourth-order valence-corrected chi connectivity index (χ4v) is 1.47. The van der Waals surface area contributed by atoms with Gasteiger partial charge < -0.3 is 15.2 Å². The minimum absolute atomic E-state index is 0. The van der Waals surface area contributed by atoms with Crippen molar-refractivity contribution in [1.29, 1.82) is 0 Å². The summed E-state index contributed by atoms with van der Waals surface area (Å²) in [5.74, 6) is 1.51. The number of hydrogen-bond donors (Lipinski definition) is 2. The molecule has 2 N–H and O–H groups in total. The molecular weight excluding hydrogens is 339 g/mol. The Morgan fingerprint density at radius 3 is 2.61 bits per heavy atom. The van der Waals surface area contributed by atoms with E-state index in [0.29, 0.717) is 12.5 Å². The third kappa shape index (κ3) is 6.88. The highest BCUT2D eigenvalue weighted by Crippen LogP contribution is 2.01. The van der Waals surface area contributed by atoms with Crippen LogP contribution in [0.25, 0.3) is 0 Å². The summed E-state index contributed by atoms with van der Waals surface area (Å²) in [4.78, 5) is 4.55. The number of hydrogen-bond acceptors (Lipinski definition) is 1. The summed E-state index contributed by atoms with van der Waals surface area (Å²) < 4.78 is 2.04. The summed E-state index contributed by atoms with van der Waals surface area (Å²) in [7, 11) is 2.02. The monoisotopic (exact) mass is 364 g/mol. The van der Waals surface area contributed by atoms with Crippen LogP contribution in [0.15, 0.2) is 23.5 Å². The largest absolute Gasteiger partial charge is 0.357 e. The van der Waals surface area contributed by atoms with Crippen LogP contribution in [0, 0.1) is 5.92 Å². The molecule has 0 aromatic carbocycles. The number of aliphatic imine (C=N–C) groups is 1. The van der Waals surface area contributed by atoms with Crippen molar-refractivity contribution in [2.75, 3.05) is 13.1 Å². The van der Waals surface area contributed by atoms with E-state index in [2.05, 4.69) is 48.7 Å². The third-order valence-corrected chi connectivity index (χ3v) is 2.33. The number of aromatic nitrogens is 1. The van der Waals surface area contributed by atoms with Crippen LogP contribution in [0.3, 0.4) is 0 Å². The zero-order valence-corrected chi connectivity index (χ0v) is 14.1. The van der Waals surface area contributed by atoms with E-state index in [1.807, 2.05) is 17.8 Å². The topological polar surface area (TPSA) is 41.4 Å². The quantitative estimate of drug-likeness (QED) is 0.479. The van der Waals surface area contributed by atoms with Gasteiger partial charge in [-0.05, 0) is 24.5 Å². The van der Waals surface area contributed by atoms with Gasteiger partial charge in [0.15, 0.2) is 5.96 Å². The molecule has 0 atom stereocenters. The Morgan fingerprint density at radius 1 is 1.39 bits per heavy atom. The highest BCUT2D eigenvalue weighted by molar-refractivity contribution is 14.0. The van der Waals surface area contributed by atoms with Crippen molar-refractivity contribution in [2.45, 2.75) is 27.3 Å². The van der Waals surface area contributed by atoms with E-state index in [0.717, 1.165) is 19.0 Å². The predicted octanol–water partition coefficient (Wildman–Crippen LogP) is 2.35. The van der Waals surface area contributed by atoms with E-state index in [1.54, 1.807) is 0 Å². The molecule has 0 spiro atoms. The van der Waals surface area contributed by atoms with E-state index in [4.69, 9.17) is 0 Å². The molecule has 1 aromatic rings. The Balaban J connectivity index is 0.00000289. The Kier molecular flexibility index (Phi) is 8.87. The molecule has 0 amide bonds. The van der Waals surface area contributed by atoms with Crippen LogP contribution in [0.1, 0.15) is 26.3 Å². The van der Waals surface area contributed by atoms with E-state index in [-0.39, 0.29) is 24.0 Å². The molecule has 0 aliphatic carbocycles. The van der Waals surface area contributed by atoms with Gasteiger partial charge >= 0.3 is 0 Å². The first kappa shape index (κ1) is 17.3. The van der Waals surface area contributed by atoms with Gasteiger partial charge in [0.25, 0.3) is 0 Å². The maximum absolute atomic E-state index is 4.55. The average molecular weight is 364 g/mol. The van der Waals surface area contributed by atoms with Crippen molar-refractivity contribution in [1.82, 2.24) is 15.2 Å². The number of nitrogens with one attached hydrogen (secondary N) is 2. The Labute approximate surface area is 127 Å². The molecule has 1 aromatic heterocycles. The van der Waals surface area contributed by atoms with E-state index in [9.17, 15) is 0 Å². The maximum atomic E-state index is 4.55. The minimum atomic E-state index is 0. The summed E-state index contributed by atoms with van der Waals surface area (Å²) in [6.45, 7) is 9.00. The molecule has 104 valence electrons. The molecule has 0 aliphatic rings. The van der Waals surface area contributed by atoms with Crippen LogP contribution in [-0.4, -0.2) is 23.6 Å². The minimum Gasteiger partial charge on any atom is -0.357 e. The Hall–Kier alpha value is -0.720. The van der Waals surface area contributed by atoms with Crippen molar-refractivity contribution in [3.63, 3.8) is 0 Å². The predicted molar refractivity (Wildman–Crippen MR) is 88.5 cm³/mol. The molecule has 0 radical (unpaired) electrons. The smallest absolute Gasteiger partial charge is 0.191 e. The average Bonchev–Trinajstić information content (AvgIpc) is 2.68. The molecule has 18 heavy (non-hydrogen) atoms. The second-order valence-electron chi connectivity index (χ2n) is 4.66. The summed E-state index contributed by atoms with van der Waals surface area (Å²) in [5.41, 5.74) is 1.23. The van der Waals surface area contributed by atoms with Gasteiger partial charge in [-0.2, -0.15) is 0 Å². The molecule has 0 saturated carbocycles. The van der Waals surface area contributed by atoms with Gasteiger partial charge in [0.2, 0.25) is 0 Å². The van der Waals surface area contributed by atoms with Gasteiger partial charge in [0.05, 0.1) is 6.54 Å². The Bertz CT molecular complexity index is 358. The first-order valence-corrected chi connectivity index (χ1v) is 6.24. The standard InChI is InChI=1S/C13H24N4.HI/c1-5-14-13(15-8-11(2)3)16-9-12-6-7-17(4)10-12;/h6-7,10-11H,5,8-9H2,1-4H3,(H2,14,15,16);1H. The van der Waals surface area contributed by atoms with Gasteiger partial charge in [-0.25, -0.2) is 4.99 Å². The molecule has 0 fully saturated rings. The summed E-state index contributed by atoms with van der Waals surface area (Å²) in [6.07, 6.45) is 4.13. The molecule has 0 unspecified atom stereocenters. The lowest BCUT2D eigenvalue weighted by Crippen LogP contribution is -2.39. The van der Waals surface area contributed by atoms with Crippen molar-refractivity contribution >= 4 is 29.9 Å². The van der Waals surface area contributed by atoms with E-state index in [1.165, 1.54) is 5.56 Å². The number of guanidine groups is 1. The van der Waals surface area contributed by atoms with Crippen molar-refractivity contribution in [2.24, 2.45) is 18.0 Å². The van der Waals surface area contributed by atoms with Crippen LogP contribution in [-0.2, 0) is 13.6 Å². The van der Waals surface area contributed by atoms with Crippen LogP contribution in [0.4, 0.5) is 0 Å². The highest BCUT2D eigenvalue weighted by Gasteiger charge is 1.99. The molecular formula is C13H25IN4. The van der Waals surface area contributed by atoms with Crippen LogP contribution >= 0.6 is 24.0 Å². The summed E-state index contributed by atoms with van der Waals surface area (Å²) in [5, 5.41) is 6.58. The summed E-state index contributed by atoms with van der Waals surface area (Å²) in [6, 6.07) is 2.09. The van der Waals surface area contributed by atoms with Crippen molar-refractivity contribution in [3.8, 4) is 0 Å². The number of rotatable bonds is 5. The first-order chi connectivity index (χ1) is 8.11. The molecule has 1 heterocycles.